The van der Waals surface area contributed by atoms with Crippen molar-refractivity contribution in [2.45, 2.75) is 59.0 Å². The van der Waals surface area contributed by atoms with Gasteiger partial charge in [0.25, 0.3) is 0 Å². The van der Waals surface area contributed by atoms with Crippen molar-refractivity contribution in [1.82, 2.24) is 10.6 Å². The van der Waals surface area contributed by atoms with Gasteiger partial charge < -0.3 is 20.5 Å². The predicted octanol–water partition coefficient (Wildman–Crippen LogP) is 1.91. The molecule has 0 atom stereocenters. The third kappa shape index (κ3) is 9.15. The molecule has 120 valence electrons. The normalized spacial score (nSPS) is 12.6. The lowest BCUT2D eigenvalue weighted by atomic mass is 9.98. The number of aliphatic hydroxyl groups is 1. The number of nitrogens with one attached hydrogen (secondary N) is 2. The summed E-state index contributed by atoms with van der Waals surface area (Å²) in [6, 6.07) is 0. The molecule has 0 aromatic rings. The monoisotopic (exact) mass is 287 g/mol. The summed E-state index contributed by atoms with van der Waals surface area (Å²) in [7, 11) is 0. The van der Waals surface area contributed by atoms with Gasteiger partial charge in [-0.05, 0) is 39.5 Å². The first kappa shape index (κ1) is 19.2. The van der Waals surface area contributed by atoms with E-state index in [2.05, 4.69) is 15.6 Å². The smallest absolute Gasteiger partial charge is 0.191 e. The van der Waals surface area contributed by atoms with E-state index in [1.54, 1.807) is 0 Å². The van der Waals surface area contributed by atoms with Crippen LogP contribution in [0.3, 0.4) is 0 Å². The molecular weight excluding hydrogens is 254 g/mol. The van der Waals surface area contributed by atoms with Gasteiger partial charge in [0.15, 0.2) is 5.96 Å². The minimum atomic E-state index is -0.683. The highest BCUT2D eigenvalue weighted by Crippen LogP contribution is 2.14. The van der Waals surface area contributed by atoms with E-state index >= 15 is 0 Å². The van der Waals surface area contributed by atoms with Gasteiger partial charge in [0.2, 0.25) is 0 Å². The Morgan fingerprint density at radius 2 is 1.80 bits per heavy atom. The molecule has 0 aromatic heterocycles. The fourth-order valence-electron chi connectivity index (χ4n) is 1.72. The third-order valence-corrected chi connectivity index (χ3v) is 3.40. The Morgan fingerprint density at radius 1 is 1.10 bits per heavy atom. The van der Waals surface area contributed by atoms with Gasteiger partial charge in [-0.15, -0.1) is 0 Å². The molecule has 0 spiro atoms. The predicted molar refractivity (Wildman–Crippen MR) is 85.2 cm³/mol. The van der Waals surface area contributed by atoms with Crippen LogP contribution < -0.4 is 10.6 Å². The molecular formula is C15H33N3O2. The van der Waals surface area contributed by atoms with E-state index in [0.29, 0.717) is 6.54 Å². The van der Waals surface area contributed by atoms with E-state index in [-0.39, 0.29) is 0 Å². The topological polar surface area (TPSA) is 65.9 Å². The van der Waals surface area contributed by atoms with Gasteiger partial charge in [-0.3, -0.25) is 4.99 Å². The van der Waals surface area contributed by atoms with Gasteiger partial charge >= 0.3 is 0 Å². The summed E-state index contributed by atoms with van der Waals surface area (Å²) in [4.78, 5) is 4.47. The van der Waals surface area contributed by atoms with Crippen LogP contribution in [0.15, 0.2) is 4.99 Å². The minimum absolute atomic E-state index is 0.439. The first-order chi connectivity index (χ1) is 9.61. The molecule has 0 radical (unpaired) electrons. The summed E-state index contributed by atoms with van der Waals surface area (Å²) in [6.45, 7) is 11.8. The second-order valence-corrected chi connectivity index (χ2v) is 4.96. The van der Waals surface area contributed by atoms with Gasteiger partial charge in [-0.1, -0.05) is 13.8 Å². The zero-order valence-corrected chi connectivity index (χ0v) is 13.7. The Hall–Kier alpha value is -0.810. The van der Waals surface area contributed by atoms with Gasteiger partial charge in [0.1, 0.15) is 0 Å². The van der Waals surface area contributed by atoms with E-state index < -0.39 is 5.60 Å². The summed E-state index contributed by atoms with van der Waals surface area (Å²) in [5.41, 5.74) is -0.683. The van der Waals surface area contributed by atoms with Gasteiger partial charge in [-0.25, -0.2) is 0 Å². The number of rotatable bonds is 11. The average Bonchev–Trinajstić information content (AvgIpc) is 2.47. The number of unbranched alkanes of at least 4 members (excludes halogenated alkanes) is 1. The molecule has 0 unspecified atom stereocenters. The standard InChI is InChI=1S/C15H33N3O2/c1-5-15(19,6-2)13-18-14(16-7-3)17-11-9-10-12-20-8-4/h19H,5-13H2,1-4H3,(H2,16,17,18). The molecule has 0 saturated heterocycles. The van der Waals surface area contributed by atoms with Gasteiger partial charge in [-0.2, -0.15) is 0 Å². The van der Waals surface area contributed by atoms with Crippen molar-refractivity contribution < 1.29 is 9.84 Å². The van der Waals surface area contributed by atoms with Crippen molar-refractivity contribution in [3.05, 3.63) is 0 Å². The van der Waals surface area contributed by atoms with E-state index in [4.69, 9.17) is 4.74 Å². The average molecular weight is 287 g/mol. The molecule has 5 heteroatoms. The van der Waals surface area contributed by atoms with E-state index in [1.807, 2.05) is 27.7 Å². The Morgan fingerprint density at radius 3 is 2.35 bits per heavy atom. The van der Waals surface area contributed by atoms with E-state index in [0.717, 1.165) is 57.9 Å². The molecule has 0 heterocycles. The lowest BCUT2D eigenvalue weighted by molar-refractivity contribution is 0.0418. The molecule has 3 N–H and O–H groups in total. The molecule has 5 nitrogen and oxygen atoms in total. The SMILES string of the molecule is CCNC(=NCC(O)(CC)CC)NCCCCOCC. The van der Waals surface area contributed by atoms with Crippen molar-refractivity contribution in [2.75, 3.05) is 32.8 Å². The summed E-state index contributed by atoms with van der Waals surface area (Å²) in [5.74, 6) is 0.782. The van der Waals surface area contributed by atoms with Crippen molar-refractivity contribution in [2.24, 2.45) is 4.99 Å². The molecule has 0 amide bonds. The molecule has 0 aliphatic carbocycles. The molecule has 0 aliphatic heterocycles. The van der Waals surface area contributed by atoms with Crippen LogP contribution in [0, 0.1) is 0 Å². The van der Waals surface area contributed by atoms with Gasteiger partial charge in [0.05, 0.1) is 12.1 Å². The largest absolute Gasteiger partial charge is 0.388 e. The lowest BCUT2D eigenvalue weighted by Gasteiger charge is -2.23. The van der Waals surface area contributed by atoms with Crippen LogP contribution in [0.2, 0.25) is 0 Å². The zero-order chi connectivity index (χ0) is 15.3. The third-order valence-electron chi connectivity index (χ3n) is 3.40. The van der Waals surface area contributed by atoms with Crippen LogP contribution >= 0.6 is 0 Å². The van der Waals surface area contributed by atoms with Crippen LogP contribution in [0.4, 0.5) is 0 Å². The summed E-state index contributed by atoms with van der Waals surface area (Å²) in [6.07, 6.45) is 3.55. The van der Waals surface area contributed by atoms with Crippen LogP contribution in [0.5, 0.6) is 0 Å². The van der Waals surface area contributed by atoms with Crippen molar-refractivity contribution in [1.29, 1.82) is 0 Å². The Bertz CT molecular complexity index is 254. The molecule has 0 aliphatic rings. The molecule has 0 fully saturated rings. The molecule has 0 aromatic carbocycles. The number of nitrogens with zero attached hydrogens (tertiary/aromatic N) is 1. The van der Waals surface area contributed by atoms with E-state index in [9.17, 15) is 5.11 Å². The number of ether oxygens (including phenoxy) is 1. The Labute approximate surface area is 124 Å². The Balaban J connectivity index is 4.08. The maximum Gasteiger partial charge on any atom is 0.191 e. The summed E-state index contributed by atoms with van der Waals surface area (Å²) < 4.78 is 5.30. The summed E-state index contributed by atoms with van der Waals surface area (Å²) >= 11 is 0. The zero-order valence-electron chi connectivity index (χ0n) is 13.7. The maximum absolute atomic E-state index is 10.2. The lowest BCUT2D eigenvalue weighted by Crippen LogP contribution is -2.40. The van der Waals surface area contributed by atoms with Gasteiger partial charge in [0, 0.05) is 26.3 Å². The van der Waals surface area contributed by atoms with Crippen LogP contribution in [-0.2, 0) is 4.74 Å². The fraction of sp³-hybridized carbons (Fsp3) is 0.933. The van der Waals surface area contributed by atoms with Crippen LogP contribution in [0.25, 0.3) is 0 Å². The highest BCUT2D eigenvalue weighted by Gasteiger charge is 2.21. The van der Waals surface area contributed by atoms with Crippen molar-refractivity contribution in [3.63, 3.8) is 0 Å². The number of guanidine groups is 1. The molecule has 20 heavy (non-hydrogen) atoms. The van der Waals surface area contributed by atoms with Crippen molar-refractivity contribution in [3.8, 4) is 0 Å². The first-order valence-electron chi connectivity index (χ1n) is 7.94. The molecule has 0 bridgehead atoms. The molecule has 0 saturated carbocycles. The number of hydrogen-bond donors (Lipinski definition) is 3. The van der Waals surface area contributed by atoms with Crippen LogP contribution in [-0.4, -0.2) is 49.5 Å². The quantitative estimate of drug-likeness (QED) is 0.308. The number of hydrogen-bond acceptors (Lipinski definition) is 3. The highest BCUT2D eigenvalue weighted by molar-refractivity contribution is 5.79. The Kier molecular flexibility index (Phi) is 11.5. The second-order valence-electron chi connectivity index (χ2n) is 4.96. The molecule has 0 rings (SSSR count). The second kappa shape index (κ2) is 12.0. The highest BCUT2D eigenvalue weighted by atomic mass is 16.5. The van der Waals surface area contributed by atoms with Crippen molar-refractivity contribution >= 4 is 5.96 Å². The number of aliphatic imine (C=N–C) groups is 1. The maximum atomic E-state index is 10.2. The van der Waals surface area contributed by atoms with E-state index in [1.165, 1.54) is 0 Å². The summed E-state index contributed by atoms with van der Waals surface area (Å²) in [5, 5.41) is 16.7. The van der Waals surface area contributed by atoms with Crippen LogP contribution in [0.1, 0.15) is 53.4 Å². The minimum Gasteiger partial charge on any atom is -0.388 e. The fourth-order valence-corrected chi connectivity index (χ4v) is 1.72. The first-order valence-corrected chi connectivity index (χ1v) is 7.94.